The van der Waals surface area contributed by atoms with Crippen LogP contribution in [0.15, 0.2) is 0 Å². The van der Waals surface area contributed by atoms with E-state index in [2.05, 4.69) is 22.0 Å². The van der Waals surface area contributed by atoms with Crippen LogP contribution in [0.1, 0.15) is 39.0 Å². The summed E-state index contributed by atoms with van der Waals surface area (Å²) >= 11 is 0. The van der Waals surface area contributed by atoms with Crippen molar-refractivity contribution in [2.45, 2.75) is 51.1 Å². The molecular formula is C16H30N4O. The van der Waals surface area contributed by atoms with Crippen molar-refractivity contribution >= 4 is 5.91 Å². The van der Waals surface area contributed by atoms with E-state index in [9.17, 15) is 4.79 Å². The van der Waals surface area contributed by atoms with Gasteiger partial charge in [0.2, 0.25) is 5.91 Å². The molecule has 21 heavy (non-hydrogen) atoms. The molecule has 3 fully saturated rings. The summed E-state index contributed by atoms with van der Waals surface area (Å²) in [6, 6.07) is 1.25. The van der Waals surface area contributed by atoms with Crippen LogP contribution in [0.4, 0.5) is 0 Å². The van der Waals surface area contributed by atoms with Crippen LogP contribution in [0.5, 0.6) is 0 Å². The molecule has 0 aromatic carbocycles. The highest BCUT2D eigenvalue weighted by atomic mass is 16.2. The van der Waals surface area contributed by atoms with Gasteiger partial charge < -0.3 is 16.0 Å². The Bertz CT molecular complexity index is 376. The van der Waals surface area contributed by atoms with Gasteiger partial charge in [-0.3, -0.25) is 9.69 Å². The molecular weight excluding hydrogens is 264 g/mol. The van der Waals surface area contributed by atoms with E-state index < -0.39 is 0 Å². The first kappa shape index (κ1) is 15.3. The maximum Gasteiger partial charge on any atom is 0.234 e. The van der Waals surface area contributed by atoms with Crippen molar-refractivity contribution in [2.75, 3.05) is 39.3 Å². The fourth-order valence-corrected chi connectivity index (χ4v) is 3.75. The number of piperidine rings is 1. The van der Waals surface area contributed by atoms with E-state index in [1.54, 1.807) is 0 Å². The number of nitrogens with two attached hydrogens (primary N) is 1. The Kier molecular flexibility index (Phi) is 4.52. The molecule has 0 bridgehead atoms. The smallest absolute Gasteiger partial charge is 0.234 e. The predicted octanol–water partition coefficient (Wildman–Crippen LogP) is 0.400. The van der Waals surface area contributed by atoms with Gasteiger partial charge >= 0.3 is 0 Å². The average Bonchev–Trinajstić information content (AvgIpc) is 3.25. The molecule has 1 atom stereocenters. The first-order valence-electron chi connectivity index (χ1n) is 8.54. The van der Waals surface area contributed by atoms with Crippen LogP contribution in [0.25, 0.3) is 0 Å². The molecule has 2 aliphatic heterocycles. The summed E-state index contributed by atoms with van der Waals surface area (Å²) < 4.78 is 0. The second-order valence-electron chi connectivity index (χ2n) is 7.58. The summed E-state index contributed by atoms with van der Waals surface area (Å²) in [6.07, 6.45) is 6.10. The second-order valence-corrected chi connectivity index (χ2v) is 7.58. The summed E-state index contributed by atoms with van der Waals surface area (Å²) in [5, 5.41) is 3.23. The lowest BCUT2D eigenvalue weighted by molar-refractivity contribution is -0.123. The summed E-state index contributed by atoms with van der Waals surface area (Å²) in [5.74, 6) is 0.196. The lowest BCUT2D eigenvalue weighted by atomic mass is 9.90. The zero-order chi connectivity index (χ0) is 14.9. The molecule has 2 saturated heterocycles. The Morgan fingerprint density at radius 3 is 2.52 bits per heavy atom. The molecule has 3 N–H and O–H groups in total. The molecule has 5 heteroatoms. The SMILES string of the molecule is CC1(CN)CCN(CC(=O)NC2CCN(C3CC3)CC2)C1. The molecule has 1 unspecified atom stereocenters. The minimum atomic E-state index is 0.196. The molecule has 5 nitrogen and oxygen atoms in total. The fourth-order valence-electron chi connectivity index (χ4n) is 3.75. The number of nitrogens with one attached hydrogen (secondary N) is 1. The van der Waals surface area contributed by atoms with Crippen molar-refractivity contribution in [3.8, 4) is 0 Å². The summed E-state index contributed by atoms with van der Waals surface area (Å²) in [4.78, 5) is 17.0. The Morgan fingerprint density at radius 1 is 1.24 bits per heavy atom. The van der Waals surface area contributed by atoms with E-state index >= 15 is 0 Å². The highest BCUT2D eigenvalue weighted by Gasteiger charge is 2.34. The predicted molar refractivity (Wildman–Crippen MR) is 84.0 cm³/mol. The molecule has 3 rings (SSSR count). The van der Waals surface area contributed by atoms with Crippen LogP contribution in [0, 0.1) is 5.41 Å². The Hall–Kier alpha value is -0.650. The van der Waals surface area contributed by atoms with Crippen molar-refractivity contribution in [3.05, 3.63) is 0 Å². The molecule has 1 aliphatic carbocycles. The lowest BCUT2D eigenvalue weighted by Gasteiger charge is -2.32. The molecule has 0 radical (unpaired) electrons. The zero-order valence-corrected chi connectivity index (χ0v) is 13.3. The maximum atomic E-state index is 12.2. The zero-order valence-electron chi connectivity index (χ0n) is 13.3. The van der Waals surface area contributed by atoms with E-state index in [0.29, 0.717) is 19.1 Å². The van der Waals surface area contributed by atoms with Gasteiger partial charge in [-0.05, 0) is 50.6 Å². The molecule has 0 aromatic heterocycles. The number of hydrogen-bond donors (Lipinski definition) is 2. The molecule has 1 amide bonds. The molecule has 0 spiro atoms. The van der Waals surface area contributed by atoms with E-state index in [0.717, 1.165) is 51.5 Å². The average molecular weight is 294 g/mol. The van der Waals surface area contributed by atoms with Crippen LogP contribution < -0.4 is 11.1 Å². The van der Waals surface area contributed by atoms with Gasteiger partial charge in [0.05, 0.1) is 6.54 Å². The van der Waals surface area contributed by atoms with Gasteiger partial charge in [-0.25, -0.2) is 0 Å². The topological polar surface area (TPSA) is 61.6 Å². The van der Waals surface area contributed by atoms with Crippen LogP contribution in [0.3, 0.4) is 0 Å². The quantitative estimate of drug-likeness (QED) is 0.770. The Labute approximate surface area is 128 Å². The van der Waals surface area contributed by atoms with Crippen LogP contribution in [-0.4, -0.2) is 67.1 Å². The fraction of sp³-hybridized carbons (Fsp3) is 0.938. The van der Waals surface area contributed by atoms with Crippen molar-refractivity contribution in [2.24, 2.45) is 11.1 Å². The Morgan fingerprint density at radius 2 is 1.95 bits per heavy atom. The molecule has 1 saturated carbocycles. The van der Waals surface area contributed by atoms with Crippen molar-refractivity contribution in [1.29, 1.82) is 0 Å². The third-order valence-electron chi connectivity index (χ3n) is 5.45. The summed E-state index contributed by atoms with van der Waals surface area (Å²) in [6.45, 7) is 7.75. The highest BCUT2D eigenvalue weighted by Crippen LogP contribution is 2.29. The van der Waals surface area contributed by atoms with Crippen LogP contribution in [0.2, 0.25) is 0 Å². The number of hydrogen-bond acceptors (Lipinski definition) is 4. The number of carbonyl (C=O) groups is 1. The summed E-state index contributed by atoms with van der Waals surface area (Å²) in [7, 11) is 0. The van der Waals surface area contributed by atoms with Crippen LogP contribution >= 0.6 is 0 Å². The van der Waals surface area contributed by atoms with Crippen LogP contribution in [-0.2, 0) is 4.79 Å². The number of likely N-dealkylation sites (tertiary alicyclic amines) is 2. The van der Waals surface area contributed by atoms with Gasteiger partial charge in [-0.2, -0.15) is 0 Å². The highest BCUT2D eigenvalue weighted by molar-refractivity contribution is 5.78. The standard InChI is InChI=1S/C16H30N4O/c1-16(11-17)6-9-19(12-16)10-15(21)18-13-4-7-20(8-5-13)14-2-3-14/h13-14H,2-12,17H2,1H3,(H,18,21). The number of carbonyl (C=O) groups excluding carboxylic acids is 1. The minimum absolute atomic E-state index is 0.196. The van der Waals surface area contributed by atoms with Gasteiger partial charge in [-0.15, -0.1) is 0 Å². The third kappa shape index (κ3) is 3.96. The maximum absolute atomic E-state index is 12.2. The van der Waals surface area contributed by atoms with Crippen molar-refractivity contribution in [1.82, 2.24) is 15.1 Å². The second kappa shape index (κ2) is 6.23. The number of nitrogens with zero attached hydrogens (tertiary/aromatic N) is 2. The third-order valence-corrected chi connectivity index (χ3v) is 5.45. The largest absolute Gasteiger partial charge is 0.352 e. The van der Waals surface area contributed by atoms with Crippen molar-refractivity contribution in [3.63, 3.8) is 0 Å². The summed E-state index contributed by atoms with van der Waals surface area (Å²) in [5.41, 5.74) is 6.03. The first-order chi connectivity index (χ1) is 10.1. The Balaban J connectivity index is 1.37. The normalized spacial score (nSPS) is 32.5. The van der Waals surface area contributed by atoms with Gasteiger partial charge in [0.25, 0.3) is 0 Å². The van der Waals surface area contributed by atoms with E-state index in [4.69, 9.17) is 5.73 Å². The molecule has 120 valence electrons. The number of rotatable bonds is 5. The van der Waals surface area contributed by atoms with Gasteiger partial charge in [0, 0.05) is 31.7 Å². The van der Waals surface area contributed by atoms with Crippen molar-refractivity contribution < 1.29 is 4.79 Å². The van der Waals surface area contributed by atoms with E-state index in [1.165, 1.54) is 12.8 Å². The lowest BCUT2D eigenvalue weighted by Crippen LogP contribution is -2.47. The first-order valence-corrected chi connectivity index (χ1v) is 8.54. The van der Waals surface area contributed by atoms with E-state index in [-0.39, 0.29) is 11.3 Å². The molecule has 2 heterocycles. The van der Waals surface area contributed by atoms with Gasteiger partial charge in [0.1, 0.15) is 0 Å². The minimum Gasteiger partial charge on any atom is -0.352 e. The monoisotopic (exact) mass is 294 g/mol. The number of amides is 1. The van der Waals surface area contributed by atoms with Gasteiger partial charge in [0.15, 0.2) is 0 Å². The molecule has 3 aliphatic rings. The van der Waals surface area contributed by atoms with E-state index in [1.807, 2.05) is 0 Å². The molecule has 0 aromatic rings. The van der Waals surface area contributed by atoms with Gasteiger partial charge in [-0.1, -0.05) is 6.92 Å².